The van der Waals surface area contributed by atoms with Gasteiger partial charge in [-0.15, -0.1) is 4.99 Å². The second-order valence-corrected chi connectivity index (χ2v) is 8.39. The minimum Gasteiger partial charge on any atom is -0.454 e. The number of nitrogens with one attached hydrogen (secondary N) is 2. The molecule has 31 heavy (non-hydrogen) atoms. The van der Waals surface area contributed by atoms with Gasteiger partial charge in [-0.05, 0) is 42.0 Å². The molecular formula is C21H17N5O4S. The highest BCUT2D eigenvalue weighted by Gasteiger charge is 2.22. The molecule has 156 valence electrons. The number of hydrogen-bond donors (Lipinski definition) is 2. The monoisotopic (exact) mass is 435 g/mol. The fourth-order valence-corrected chi connectivity index (χ4v) is 4.16. The predicted octanol–water partition coefficient (Wildman–Crippen LogP) is 2.68. The van der Waals surface area contributed by atoms with E-state index in [1.54, 1.807) is 48.9 Å². The second-order valence-electron chi connectivity index (χ2n) is 6.44. The molecule has 9 nitrogen and oxygen atoms in total. The van der Waals surface area contributed by atoms with Gasteiger partial charge in [0.05, 0.1) is 9.79 Å². The number of sulfone groups is 1. The van der Waals surface area contributed by atoms with E-state index in [2.05, 4.69) is 20.6 Å². The molecule has 1 aliphatic rings. The molecule has 0 atom stereocenters. The lowest BCUT2D eigenvalue weighted by atomic mass is 10.2. The Morgan fingerprint density at radius 3 is 2.48 bits per heavy atom. The molecule has 4 rings (SSSR count). The number of ether oxygens (including phenoxy) is 2. The van der Waals surface area contributed by atoms with E-state index in [1.165, 1.54) is 24.3 Å². The Morgan fingerprint density at radius 2 is 1.74 bits per heavy atom. The lowest BCUT2D eigenvalue weighted by molar-refractivity contribution is 0.174. The Balaban J connectivity index is 1.45. The highest BCUT2D eigenvalue weighted by Crippen LogP contribution is 2.35. The Morgan fingerprint density at radius 1 is 1.03 bits per heavy atom. The van der Waals surface area contributed by atoms with Crippen molar-refractivity contribution in [2.24, 2.45) is 4.99 Å². The van der Waals surface area contributed by atoms with Gasteiger partial charge in [0.1, 0.15) is 0 Å². The van der Waals surface area contributed by atoms with Crippen molar-refractivity contribution in [2.45, 2.75) is 16.3 Å². The van der Waals surface area contributed by atoms with Crippen LogP contribution in [0, 0.1) is 11.5 Å². The summed E-state index contributed by atoms with van der Waals surface area (Å²) in [4.78, 5) is 7.95. The van der Waals surface area contributed by atoms with Crippen LogP contribution < -0.4 is 20.1 Å². The quantitative estimate of drug-likeness (QED) is 0.356. The van der Waals surface area contributed by atoms with E-state index < -0.39 is 9.84 Å². The number of aromatic nitrogens is 1. The molecule has 10 heteroatoms. The van der Waals surface area contributed by atoms with E-state index in [0.717, 1.165) is 11.3 Å². The summed E-state index contributed by atoms with van der Waals surface area (Å²) in [5, 5.41) is 14.9. The molecular weight excluding hydrogens is 418 g/mol. The van der Waals surface area contributed by atoms with Crippen LogP contribution in [0.2, 0.25) is 0 Å². The van der Waals surface area contributed by atoms with Crippen molar-refractivity contribution in [1.29, 1.82) is 5.26 Å². The molecule has 1 aliphatic heterocycles. The van der Waals surface area contributed by atoms with Gasteiger partial charge in [-0.3, -0.25) is 4.98 Å². The molecule has 0 amide bonds. The summed E-state index contributed by atoms with van der Waals surface area (Å²) in [6.45, 7) is 0.413. The van der Waals surface area contributed by atoms with Crippen molar-refractivity contribution in [3.05, 3.63) is 72.6 Å². The van der Waals surface area contributed by atoms with Gasteiger partial charge in [-0.25, -0.2) is 8.42 Å². The molecule has 0 radical (unpaired) electrons. The van der Waals surface area contributed by atoms with Crippen molar-refractivity contribution in [3.8, 4) is 17.7 Å². The van der Waals surface area contributed by atoms with Crippen LogP contribution in [0.5, 0.6) is 11.5 Å². The van der Waals surface area contributed by atoms with E-state index in [9.17, 15) is 8.42 Å². The van der Waals surface area contributed by atoms with Gasteiger partial charge in [0, 0.05) is 30.7 Å². The lowest BCUT2D eigenvalue weighted by Crippen LogP contribution is -2.30. The lowest BCUT2D eigenvalue weighted by Gasteiger charge is -2.11. The molecule has 0 spiro atoms. The van der Waals surface area contributed by atoms with E-state index >= 15 is 0 Å². The minimum absolute atomic E-state index is 0.0770. The third kappa shape index (κ3) is 4.57. The highest BCUT2D eigenvalue weighted by molar-refractivity contribution is 7.91. The average Bonchev–Trinajstić information content (AvgIpc) is 3.27. The number of pyridine rings is 1. The summed E-state index contributed by atoms with van der Waals surface area (Å²) < 4.78 is 36.3. The van der Waals surface area contributed by atoms with Crippen LogP contribution in [-0.4, -0.2) is 26.2 Å². The number of nitriles is 1. The summed E-state index contributed by atoms with van der Waals surface area (Å²) in [7, 11) is -3.70. The maximum atomic E-state index is 12.9. The average molecular weight is 435 g/mol. The number of nitrogens with zero attached hydrogens (tertiary/aromatic N) is 3. The zero-order valence-electron chi connectivity index (χ0n) is 16.1. The van der Waals surface area contributed by atoms with Crippen molar-refractivity contribution < 1.29 is 17.9 Å². The number of rotatable bonds is 5. The van der Waals surface area contributed by atoms with Crippen LogP contribution in [0.3, 0.4) is 0 Å². The number of guanidine groups is 1. The van der Waals surface area contributed by atoms with Gasteiger partial charge in [0.2, 0.25) is 28.8 Å². The number of anilines is 1. The first kappa shape index (κ1) is 20.2. The van der Waals surface area contributed by atoms with Gasteiger partial charge in [-0.2, -0.15) is 5.26 Å². The summed E-state index contributed by atoms with van der Waals surface area (Å²) in [5.74, 6) is 1.20. The Bertz CT molecular complexity index is 1250. The van der Waals surface area contributed by atoms with Crippen LogP contribution in [0.15, 0.2) is 81.8 Å². The van der Waals surface area contributed by atoms with Gasteiger partial charge < -0.3 is 20.1 Å². The van der Waals surface area contributed by atoms with E-state index in [1.807, 2.05) is 0 Å². The van der Waals surface area contributed by atoms with Crippen LogP contribution in [0.4, 0.5) is 5.69 Å². The van der Waals surface area contributed by atoms with Crippen molar-refractivity contribution >= 4 is 21.5 Å². The maximum absolute atomic E-state index is 12.9. The second kappa shape index (κ2) is 8.73. The van der Waals surface area contributed by atoms with Crippen LogP contribution in [0.25, 0.3) is 0 Å². The third-order valence-electron chi connectivity index (χ3n) is 4.45. The predicted molar refractivity (Wildman–Crippen MR) is 112 cm³/mol. The smallest absolute Gasteiger partial charge is 0.231 e. The molecule has 1 aromatic heterocycles. The van der Waals surface area contributed by atoms with Gasteiger partial charge in [0.25, 0.3) is 0 Å². The van der Waals surface area contributed by atoms with Gasteiger partial charge >= 0.3 is 0 Å². The first-order valence-electron chi connectivity index (χ1n) is 9.17. The van der Waals surface area contributed by atoms with Crippen LogP contribution in [-0.2, 0) is 16.4 Å². The van der Waals surface area contributed by atoms with Gasteiger partial charge in [0.15, 0.2) is 11.5 Å². The molecule has 0 bridgehead atoms. The van der Waals surface area contributed by atoms with Crippen molar-refractivity contribution in [2.75, 3.05) is 12.1 Å². The summed E-state index contributed by atoms with van der Waals surface area (Å²) in [6.07, 6.45) is 4.97. The minimum atomic E-state index is -3.70. The fraction of sp³-hybridized carbons (Fsp3) is 0.0952. The molecule has 3 aromatic rings. The Hall–Kier alpha value is -4.10. The SMILES string of the molecule is N#CN=C(NCc1ccc(S(=O)(=O)c2ccc3c(c2)OCO3)cc1)Nc1ccncc1. The normalized spacial score (nSPS) is 12.8. The number of hydrogen-bond acceptors (Lipinski definition) is 7. The zero-order chi connectivity index (χ0) is 21.7. The molecule has 0 fully saturated rings. The summed E-state index contributed by atoms with van der Waals surface area (Å²) in [6, 6.07) is 14.5. The first-order chi connectivity index (χ1) is 15.1. The van der Waals surface area contributed by atoms with Crippen LogP contribution in [0.1, 0.15) is 5.56 Å². The molecule has 0 saturated carbocycles. The van der Waals surface area contributed by atoms with E-state index in [-0.39, 0.29) is 22.5 Å². The number of aliphatic imine (C=N–C) groups is 1. The number of benzene rings is 2. The van der Waals surface area contributed by atoms with Gasteiger partial charge in [-0.1, -0.05) is 12.1 Å². The van der Waals surface area contributed by atoms with E-state index in [4.69, 9.17) is 14.7 Å². The molecule has 2 heterocycles. The Kier molecular flexibility index (Phi) is 5.68. The van der Waals surface area contributed by atoms with Crippen molar-refractivity contribution in [1.82, 2.24) is 10.3 Å². The molecule has 2 aromatic carbocycles. The van der Waals surface area contributed by atoms with Crippen molar-refractivity contribution in [3.63, 3.8) is 0 Å². The summed E-state index contributed by atoms with van der Waals surface area (Å²) >= 11 is 0. The fourth-order valence-electron chi connectivity index (χ4n) is 2.89. The standard InChI is InChI=1S/C21H17N5O4S/c22-13-25-21(26-16-7-9-23-10-8-16)24-12-15-1-3-17(4-2-15)31(27,28)18-5-6-19-20(11-18)30-14-29-19/h1-11H,12,14H2,(H2,23,24,25,26). The molecule has 2 N–H and O–H groups in total. The highest BCUT2D eigenvalue weighted by atomic mass is 32.2. The molecule has 0 aliphatic carbocycles. The maximum Gasteiger partial charge on any atom is 0.231 e. The van der Waals surface area contributed by atoms with E-state index in [0.29, 0.717) is 18.0 Å². The van der Waals surface area contributed by atoms with Crippen LogP contribution >= 0.6 is 0 Å². The first-order valence-corrected chi connectivity index (χ1v) is 10.7. The number of fused-ring (bicyclic) bond motifs is 1. The summed E-state index contributed by atoms with van der Waals surface area (Å²) in [5.41, 5.74) is 1.54. The largest absolute Gasteiger partial charge is 0.454 e. The molecule has 0 unspecified atom stereocenters. The third-order valence-corrected chi connectivity index (χ3v) is 6.22. The molecule has 0 saturated heterocycles. The topological polar surface area (TPSA) is 126 Å². The Labute approximate surface area is 178 Å². The zero-order valence-corrected chi connectivity index (χ0v) is 17.0.